The Kier molecular flexibility index (Phi) is 3.72. The summed E-state index contributed by atoms with van der Waals surface area (Å²) in [6.45, 7) is 3.91. The molecule has 4 heterocycles. The third-order valence-corrected chi connectivity index (χ3v) is 4.10. The van der Waals surface area contributed by atoms with Gasteiger partial charge in [-0.05, 0) is 26.0 Å². The van der Waals surface area contributed by atoms with Crippen LogP contribution in [0.2, 0.25) is 0 Å². The predicted octanol–water partition coefficient (Wildman–Crippen LogP) is 1.72. The van der Waals surface area contributed by atoms with E-state index < -0.39 is 0 Å². The van der Waals surface area contributed by atoms with Crippen molar-refractivity contribution in [3.63, 3.8) is 0 Å². The first-order chi connectivity index (χ1) is 12.1. The van der Waals surface area contributed by atoms with Crippen molar-refractivity contribution in [2.24, 2.45) is 7.05 Å². The Bertz CT molecular complexity index is 993. The highest BCUT2D eigenvalue weighted by atomic mass is 15.3. The second-order valence-electron chi connectivity index (χ2n) is 5.97. The maximum Gasteiger partial charge on any atom is 0.182 e. The van der Waals surface area contributed by atoms with E-state index in [0.717, 1.165) is 34.2 Å². The van der Waals surface area contributed by atoms with Crippen molar-refractivity contribution < 1.29 is 0 Å². The third-order valence-electron chi connectivity index (χ3n) is 4.10. The Balaban J connectivity index is 1.57. The highest BCUT2D eigenvalue weighted by Crippen LogP contribution is 2.15. The highest BCUT2D eigenvalue weighted by molar-refractivity contribution is 5.52. The molecule has 0 saturated carbocycles. The average molecular weight is 334 g/mol. The SMILES string of the molecule is Cc1ncc(C)n2nc(CCc3nc(-c4cccnc4)nn3C)nc12. The van der Waals surface area contributed by atoms with Gasteiger partial charge in [-0.2, -0.15) is 10.2 Å². The first kappa shape index (κ1) is 15.4. The molecule has 0 saturated heterocycles. The minimum atomic E-state index is 0.685. The molecule has 0 atom stereocenters. The lowest BCUT2D eigenvalue weighted by Crippen LogP contribution is -2.03. The normalized spacial score (nSPS) is 11.3. The molecule has 0 aliphatic heterocycles. The van der Waals surface area contributed by atoms with Crippen LogP contribution < -0.4 is 0 Å². The zero-order valence-corrected chi connectivity index (χ0v) is 14.4. The second-order valence-corrected chi connectivity index (χ2v) is 5.97. The molecule has 8 heteroatoms. The molecule has 0 radical (unpaired) electrons. The highest BCUT2D eigenvalue weighted by Gasteiger charge is 2.12. The molecule has 0 fully saturated rings. The molecule has 0 aromatic carbocycles. The smallest absolute Gasteiger partial charge is 0.182 e. The number of hydrogen-bond donors (Lipinski definition) is 0. The number of aryl methyl sites for hydroxylation is 5. The first-order valence-electron chi connectivity index (χ1n) is 8.10. The number of aromatic nitrogens is 8. The molecule has 0 unspecified atom stereocenters. The molecule has 0 aliphatic rings. The van der Waals surface area contributed by atoms with E-state index in [1.807, 2.05) is 43.7 Å². The standard InChI is InChI=1S/C17H18N8/c1-11-9-19-12(2)17-20-14(22-25(11)17)6-7-15-21-16(23-24(15)3)13-5-4-8-18-10-13/h4-5,8-10H,6-7H2,1-3H3. The summed E-state index contributed by atoms with van der Waals surface area (Å²) < 4.78 is 3.64. The summed E-state index contributed by atoms with van der Waals surface area (Å²) in [5, 5.41) is 9.05. The number of hydrogen-bond acceptors (Lipinski definition) is 6. The van der Waals surface area contributed by atoms with E-state index >= 15 is 0 Å². The maximum absolute atomic E-state index is 4.62. The Labute approximate surface area is 144 Å². The summed E-state index contributed by atoms with van der Waals surface area (Å²) in [6, 6.07) is 3.83. The van der Waals surface area contributed by atoms with Gasteiger partial charge in [0.15, 0.2) is 17.3 Å². The van der Waals surface area contributed by atoms with E-state index in [1.54, 1.807) is 17.1 Å². The molecule has 25 heavy (non-hydrogen) atoms. The lowest BCUT2D eigenvalue weighted by molar-refractivity contribution is 0.683. The Morgan fingerprint density at radius 2 is 1.92 bits per heavy atom. The van der Waals surface area contributed by atoms with E-state index in [0.29, 0.717) is 18.7 Å². The van der Waals surface area contributed by atoms with Gasteiger partial charge in [-0.3, -0.25) is 14.6 Å². The van der Waals surface area contributed by atoms with Gasteiger partial charge in [0.1, 0.15) is 5.82 Å². The number of fused-ring (bicyclic) bond motifs is 1. The van der Waals surface area contributed by atoms with Gasteiger partial charge in [0.25, 0.3) is 0 Å². The summed E-state index contributed by atoms with van der Waals surface area (Å²) in [5.74, 6) is 2.36. The van der Waals surface area contributed by atoms with Crippen LogP contribution in [-0.2, 0) is 19.9 Å². The van der Waals surface area contributed by atoms with Crippen molar-refractivity contribution in [1.29, 1.82) is 0 Å². The van der Waals surface area contributed by atoms with Crippen molar-refractivity contribution in [3.8, 4) is 11.4 Å². The summed E-state index contributed by atoms with van der Waals surface area (Å²) in [4.78, 5) is 17.7. The Morgan fingerprint density at radius 3 is 2.68 bits per heavy atom. The molecule has 0 amide bonds. The van der Waals surface area contributed by atoms with E-state index in [1.165, 1.54) is 0 Å². The molecule has 4 rings (SSSR count). The molecule has 0 aliphatic carbocycles. The monoisotopic (exact) mass is 334 g/mol. The van der Waals surface area contributed by atoms with E-state index in [2.05, 4.69) is 30.1 Å². The van der Waals surface area contributed by atoms with Crippen LogP contribution in [0.5, 0.6) is 0 Å². The van der Waals surface area contributed by atoms with E-state index in [-0.39, 0.29) is 0 Å². The van der Waals surface area contributed by atoms with Crippen molar-refractivity contribution >= 4 is 5.65 Å². The quantitative estimate of drug-likeness (QED) is 0.565. The fourth-order valence-electron chi connectivity index (χ4n) is 2.72. The second kappa shape index (κ2) is 6.04. The Morgan fingerprint density at radius 1 is 1.04 bits per heavy atom. The number of pyridine rings is 1. The van der Waals surface area contributed by atoms with Crippen molar-refractivity contribution in [2.45, 2.75) is 26.7 Å². The van der Waals surface area contributed by atoms with Crippen LogP contribution in [0.25, 0.3) is 17.0 Å². The van der Waals surface area contributed by atoms with Crippen LogP contribution in [-0.4, -0.2) is 39.3 Å². The number of rotatable bonds is 4. The molecule has 4 aromatic heterocycles. The van der Waals surface area contributed by atoms with Crippen LogP contribution in [0, 0.1) is 13.8 Å². The van der Waals surface area contributed by atoms with Gasteiger partial charge in [0.2, 0.25) is 0 Å². The topological polar surface area (TPSA) is 86.7 Å². The summed E-state index contributed by atoms with van der Waals surface area (Å²) in [5.41, 5.74) is 3.57. The van der Waals surface area contributed by atoms with Gasteiger partial charge < -0.3 is 0 Å². The van der Waals surface area contributed by atoms with Crippen LogP contribution in [0.1, 0.15) is 23.0 Å². The van der Waals surface area contributed by atoms with Crippen molar-refractivity contribution in [1.82, 2.24) is 39.3 Å². The minimum absolute atomic E-state index is 0.685. The van der Waals surface area contributed by atoms with Crippen molar-refractivity contribution in [3.05, 3.63) is 53.8 Å². The number of nitrogens with zero attached hydrogens (tertiary/aromatic N) is 8. The van der Waals surface area contributed by atoms with Crippen LogP contribution >= 0.6 is 0 Å². The molecule has 0 bridgehead atoms. The zero-order valence-electron chi connectivity index (χ0n) is 14.4. The van der Waals surface area contributed by atoms with Gasteiger partial charge in [0.05, 0.1) is 11.4 Å². The molecule has 8 nitrogen and oxygen atoms in total. The average Bonchev–Trinajstić information content (AvgIpc) is 3.22. The fourth-order valence-corrected chi connectivity index (χ4v) is 2.72. The van der Waals surface area contributed by atoms with E-state index in [9.17, 15) is 0 Å². The maximum atomic E-state index is 4.62. The van der Waals surface area contributed by atoms with Crippen LogP contribution in [0.15, 0.2) is 30.7 Å². The molecule has 4 aromatic rings. The summed E-state index contributed by atoms with van der Waals surface area (Å²) in [7, 11) is 1.90. The Hall–Kier alpha value is -3.16. The lowest BCUT2D eigenvalue weighted by atomic mass is 10.2. The summed E-state index contributed by atoms with van der Waals surface area (Å²) >= 11 is 0. The largest absolute Gasteiger partial charge is 0.264 e. The molecular formula is C17H18N8. The molecule has 0 N–H and O–H groups in total. The molecule has 126 valence electrons. The minimum Gasteiger partial charge on any atom is -0.264 e. The molecule has 0 spiro atoms. The molecular weight excluding hydrogens is 316 g/mol. The van der Waals surface area contributed by atoms with Crippen molar-refractivity contribution in [2.75, 3.05) is 0 Å². The van der Waals surface area contributed by atoms with Gasteiger partial charge in [-0.25, -0.2) is 14.5 Å². The van der Waals surface area contributed by atoms with Gasteiger partial charge in [-0.15, -0.1) is 0 Å². The van der Waals surface area contributed by atoms with Crippen LogP contribution in [0.3, 0.4) is 0 Å². The van der Waals surface area contributed by atoms with Crippen LogP contribution in [0.4, 0.5) is 0 Å². The van der Waals surface area contributed by atoms with Gasteiger partial charge in [-0.1, -0.05) is 0 Å². The predicted molar refractivity (Wildman–Crippen MR) is 91.9 cm³/mol. The zero-order chi connectivity index (χ0) is 17.4. The van der Waals surface area contributed by atoms with Gasteiger partial charge in [0, 0.05) is 44.0 Å². The lowest BCUT2D eigenvalue weighted by Gasteiger charge is -1.97. The first-order valence-corrected chi connectivity index (χ1v) is 8.10. The van der Waals surface area contributed by atoms with E-state index in [4.69, 9.17) is 0 Å². The van der Waals surface area contributed by atoms with Gasteiger partial charge >= 0.3 is 0 Å². The fraction of sp³-hybridized carbons (Fsp3) is 0.294. The third kappa shape index (κ3) is 2.86. The summed E-state index contributed by atoms with van der Waals surface area (Å²) in [6.07, 6.45) is 6.72.